The Labute approximate surface area is 218 Å². The summed E-state index contributed by atoms with van der Waals surface area (Å²) >= 11 is 0. The van der Waals surface area contributed by atoms with Gasteiger partial charge in [0.25, 0.3) is 0 Å². The summed E-state index contributed by atoms with van der Waals surface area (Å²) in [6.45, 7) is 5.88. The van der Waals surface area contributed by atoms with Crippen molar-refractivity contribution in [2.75, 3.05) is 44.4 Å². The zero-order valence-corrected chi connectivity index (χ0v) is 21.7. The lowest BCUT2D eigenvalue weighted by Gasteiger charge is -2.47. The zero-order chi connectivity index (χ0) is 25.6. The number of anilines is 1. The minimum absolute atomic E-state index is 0.147. The van der Waals surface area contributed by atoms with Crippen LogP contribution in [0.1, 0.15) is 63.9 Å². The molecular formula is C28H38FN3O5. The molecule has 2 amide bonds. The van der Waals surface area contributed by atoms with Gasteiger partial charge < -0.3 is 24.0 Å². The molecule has 5 aliphatic rings. The maximum absolute atomic E-state index is 14.4. The lowest BCUT2D eigenvalue weighted by molar-refractivity contribution is 0.0265. The van der Waals surface area contributed by atoms with E-state index in [2.05, 4.69) is 4.90 Å². The average molecular weight is 516 g/mol. The number of carbonyl (C=O) groups is 2. The van der Waals surface area contributed by atoms with E-state index in [1.54, 1.807) is 17.0 Å². The molecule has 37 heavy (non-hydrogen) atoms. The van der Waals surface area contributed by atoms with E-state index in [4.69, 9.17) is 14.2 Å². The van der Waals surface area contributed by atoms with Crippen molar-refractivity contribution in [3.05, 3.63) is 29.6 Å². The number of halogens is 1. The first-order valence-electron chi connectivity index (χ1n) is 14.0. The summed E-state index contributed by atoms with van der Waals surface area (Å²) in [6.07, 6.45) is 6.64. The van der Waals surface area contributed by atoms with Crippen molar-refractivity contribution in [3.63, 3.8) is 0 Å². The highest BCUT2D eigenvalue weighted by Crippen LogP contribution is 2.49. The number of carbonyl (C=O) groups excluding carboxylic acids is 2. The number of rotatable bonds is 4. The molecule has 9 heteroatoms. The molecule has 5 aliphatic heterocycles. The maximum atomic E-state index is 14.4. The summed E-state index contributed by atoms with van der Waals surface area (Å²) in [4.78, 5) is 32.0. The second-order valence-electron chi connectivity index (χ2n) is 11.5. The van der Waals surface area contributed by atoms with Crippen LogP contribution in [0.4, 0.5) is 19.7 Å². The van der Waals surface area contributed by atoms with Gasteiger partial charge in [0.05, 0.1) is 25.5 Å². The second-order valence-corrected chi connectivity index (χ2v) is 11.5. The highest BCUT2D eigenvalue weighted by molar-refractivity contribution is 5.91. The van der Waals surface area contributed by atoms with Gasteiger partial charge >= 0.3 is 12.2 Å². The third-order valence-electron chi connectivity index (χ3n) is 9.28. The first-order chi connectivity index (χ1) is 18.0. The topological polar surface area (TPSA) is 71.6 Å². The van der Waals surface area contributed by atoms with Gasteiger partial charge in [-0.15, -0.1) is 0 Å². The van der Waals surface area contributed by atoms with Gasteiger partial charge in [-0.25, -0.2) is 14.0 Å². The molecule has 202 valence electrons. The van der Waals surface area contributed by atoms with Crippen LogP contribution < -0.4 is 4.90 Å². The molecule has 0 saturated carbocycles. The molecule has 4 fully saturated rings. The van der Waals surface area contributed by atoms with Crippen LogP contribution in [0.3, 0.4) is 0 Å². The lowest BCUT2D eigenvalue weighted by atomic mass is 9.73. The summed E-state index contributed by atoms with van der Waals surface area (Å²) in [5, 5.41) is 0. The van der Waals surface area contributed by atoms with E-state index >= 15 is 0 Å². The van der Waals surface area contributed by atoms with Gasteiger partial charge in [0.1, 0.15) is 11.9 Å². The number of benzene rings is 1. The molecule has 1 spiro atoms. The fourth-order valence-electron chi connectivity index (χ4n) is 7.37. The number of piperidine rings is 2. The molecule has 0 aliphatic carbocycles. The Balaban J connectivity index is 1.12. The van der Waals surface area contributed by atoms with Gasteiger partial charge in [-0.1, -0.05) is 6.92 Å². The summed E-state index contributed by atoms with van der Waals surface area (Å²) in [7, 11) is 0. The van der Waals surface area contributed by atoms with Crippen molar-refractivity contribution in [2.45, 2.75) is 87.9 Å². The van der Waals surface area contributed by atoms with E-state index in [1.165, 1.54) is 6.07 Å². The third kappa shape index (κ3) is 4.58. The molecule has 0 radical (unpaired) electrons. The molecule has 2 bridgehead atoms. The monoisotopic (exact) mass is 515 g/mol. The van der Waals surface area contributed by atoms with Crippen LogP contribution in [0.25, 0.3) is 0 Å². The quantitative estimate of drug-likeness (QED) is 0.590. The van der Waals surface area contributed by atoms with E-state index in [0.717, 1.165) is 69.3 Å². The fourth-order valence-corrected chi connectivity index (χ4v) is 7.37. The maximum Gasteiger partial charge on any atom is 0.414 e. The van der Waals surface area contributed by atoms with Gasteiger partial charge in [0.2, 0.25) is 0 Å². The first kappa shape index (κ1) is 24.9. The van der Waals surface area contributed by atoms with Gasteiger partial charge in [0, 0.05) is 36.5 Å². The zero-order valence-electron chi connectivity index (χ0n) is 21.7. The van der Waals surface area contributed by atoms with Crippen LogP contribution in [-0.2, 0) is 19.6 Å². The molecule has 8 nitrogen and oxygen atoms in total. The number of fused-ring (bicyclic) bond motifs is 4. The van der Waals surface area contributed by atoms with Gasteiger partial charge in [0.15, 0.2) is 0 Å². The SMILES string of the molecule is CCCOC(=O)N1C2CCC1CC(N1CCC3(CC1)CN(C(=O)O[C@H]1CCOC1)c1ccc(F)cc13)C2. The highest BCUT2D eigenvalue weighted by Gasteiger charge is 2.50. The Morgan fingerprint density at radius 1 is 1.08 bits per heavy atom. The van der Waals surface area contributed by atoms with Crippen LogP contribution >= 0.6 is 0 Å². The molecule has 1 aromatic rings. The summed E-state index contributed by atoms with van der Waals surface area (Å²) < 4.78 is 30.9. The first-order valence-corrected chi connectivity index (χ1v) is 14.0. The molecule has 3 atom stereocenters. The third-order valence-corrected chi connectivity index (χ3v) is 9.28. The van der Waals surface area contributed by atoms with Crippen molar-refractivity contribution in [3.8, 4) is 0 Å². The highest BCUT2D eigenvalue weighted by atomic mass is 19.1. The van der Waals surface area contributed by atoms with Gasteiger partial charge in [-0.3, -0.25) is 4.90 Å². The predicted octanol–water partition coefficient (Wildman–Crippen LogP) is 4.45. The second kappa shape index (κ2) is 10.1. The molecular weight excluding hydrogens is 477 g/mol. The molecule has 0 aromatic heterocycles. The Bertz CT molecular complexity index is 1010. The van der Waals surface area contributed by atoms with Crippen molar-refractivity contribution in [1.82, 2.24) is 9.80 Å². The van der Waals surface area contributed by atoms with Gasteiger partial charge in [-0.2, -0.15) is 0 Å². The van der Waals surface area contributed by atoms with Crippen molar-refractivity contribution < 1.29 is 28.2 Å². The molecule has 0 N–H and O–H groups in total. The van der Waals surface area contributed by atoms with Crippen LogP contribution in [0, 0.1) is 5.82 Å². The molecule has 2 unspecified atom stereocenters. The largest absolute Gasteiger partial charge is 0.449 e. The Morgan fingerprint density at radius 2 is 1.84 bits per heavy atom. The molecule has 5 heterocycles. The van der Waals surface area contributed by atoms with Crippen molar-refractivity contribution >= 4 is 17.9 Å². The van der Waals surface area contributed by atoms with Crippen LogP contribution in [-0.4, -0.2) is 85.7 Å². The lowest BCUT2D eigenvalue weighted by Crippen LogP contribution is -2.55. The van der Waals surface area contributed by atoms with Crippen molar-refractivity contribution in [2.24, 2.45) is 0 Å². The van der Waals surface area contributed by atoms with Gasteiger partial charge in [-0.05, 0) is 81.8 Å². The molecule has 6 rings (SSSR count). The van der Waals surface area contributed by atoms with Crippen LogP contribution in [0.2, 0.25) is 0 Å². The number of amides is 2. The average Bonchev–Trinajstić information content (AvgIpc) is 3.59. The molecule has 4 saturated heterocycles. The summed E-state index contributed by atoms with van der Waals surface area (Å²) in [5.74, 6) is -0.265. The normalized spacial score (nSPS) is 30.5. The summed E-state index contributed by atoms with van der Waals surface area (Å²) in [5.41, 5.74) is 1.44. The van der Waals surface area contributed by atoms with Crippen LogP contribution in [0.5, 0.6) is 0 Å². The Kier molecular flexibility index (Phi) is 6.77. The Hall–Kier alpha value is -2.39. The minimum Gasteiger partial charge on any atom is -0.449 e. The minimum atomic E-state index is -0.360. The fraction of sp³-hybridized carbons (Fsp3) is 0.714. The Morgan fingerprint density at radius 3 is 2.51 bits per heavy atom. The van der Waals surface area contributed by atoms with E-state index in [-0.39, 0.29) is 41.6 Å². The number of likely N-dealkylation sites (tertiary alicyclic amines) is 1. The van der Waals surface area contributed by atoms with E-state index < -0.39 is 0 Å². The van der Waals surface area contributed by atoms with Crippen molar-refractivity contribution in [1.29, 1.82) is 0 Å². The van der Waals surface area contributed by atoms with E-state index in [0.29, 0.717) is 38.8 Å². The number of hydrogen-bond donors (Lipinski definition) is 0. The predicted molar refractivity (Wildman–Crippen MR) is 135 cm³/mol. The number of hydrogen-bond acceptors (Lipinski definition) is 6. The standard InChI is InChI=1S/C28H38FN3O5/c1-2-12-36-27(34)32-20-4-5-21(32)16-22(15-20)30-10-8-28(9-11-30)18-31(25-6-3-19(29)14-24(25)28)26(33)37-23-7-13-35-17-23/h3,6,14,20-23H,2,4-5,7-13,15-18H2,1H3/t20?,21?,22?,23-/m0/s1. The summed E-state index contributed by atoms with van der Waals surface area (Å²) in [6, 6.07) is 5.74. The van der Waals surface area contributed by atoms with E-state index in [1.807, 2.05) is 11.8 Å². The number of nitrogens with zero attached hydrogens (tertiary/aromatic N) is 3. The molecule has 1 aromatic carbocycles. The smallest absolute Gasteiger partial charge is 0.414 e. The van der Waals surface area contributed by atoms with Crippen LogP contribution in [0.15, 0.2) is 18.2 Å². The van der Waals surface area contributed by atoms with E-state index in [9.17, 15) is 14.0 Å². The number of ether oxygens (including phenoxy) is 3.